The molecule has 34 heavy (non-hydrogen) atoms. The molecule has 1 aliphatic heterocycles. The third-order valence-corrected chi connectivity index (χ3v) is 8.15. The number of anilines is 1. The lowest BCUT2D eigenvalue weighted by molar-refractivity contribution is -0.0499. The minimum Gasteiger partial charge on any atom is -0.374 e. The third kappa shape index (κ3) is 5.83. The Morgan fingerprint density at radius 3 is 2.41 bits per heavy atom. The maximum Gasteiger partial charge on any atom is 0.534 e. The van der Waals surface area contributed by atoms with E-state index in [1.807, 2.05) is 11.9 Å². The Morgan fingerprint density at radius 1 is 1.21 bits per heavy atom. The highest BCUT2D eigenvalue weighted by Gasteiger charge is 2.49. The molecule has 0 N–H and O–H groups in total. The van der Waals surface area contributed by atoms with Gasteiger partial charge < -0.3 is 18.7 Å². The standard InChI is InChI=1S/C20H28F3N5O4SSi/c1-26-5-7-27(8-6-26)17-11-16-18(32-33(29,30)20(21,22)23)15(12-24)13-25-19(16)28(17)14-31-9-10-34(2,3)4/h11,13H,5-10,14H2,1-4H3. The van der Waals surface area contributed by atoms with E-state index < -0.39 is 35.0 Å². The number of aromatic nitrogens is 2. The number of nitrogens with zero attached hydrogens (tertiary/aromatic N) is 5. The van der Waals surface area contributed by atoms with Crippen LogP contribution in [0.15, 0.2) is 12.3 Å². The second-order valence-corrected chi connectivity index (χ2v) is 16.6. The molecule has 0 saturated carbocycles. The van der Waals surface area contributed by atoms with Crippen molar-refractivity contribution in [3.05, 3.63) is 17.8 Å². The predicted molar refractivity (Wildman–Crippen MR) is 124 cm³/mol. The molecule has 0 spiro atoms. The SMILES string of the molecule is CN1CCN(c2cc3c(OS(=O)(=O)C(F)(F)F)c(C#N)cnc3n2COCC[Si](C)(C)C)CC1. The van der Waals surface area contributed by atoms with Crippen molar-refractivity contribution in [3.8, 4) is 11.8 Å². The van der Waals surface area contributed by atoms with Crippen LogP contribution < -0.4 is 9.08 Å². The first-order valence-corrected chi connectivity index (χ1v) is 15.8. The zero-order chi connectivity index (χ0) is 25.3. The fourth-order valence-corrected chi connectivity index (χ4v) is 4.70. The maximum absolute atomic E-state index is 13.0. The molecular formula is C20H28F3N5O4SSi. The normalized spacial score (nSPS) is 16.1. The Balaban J connectivity index is 2.08. The van der Waals surface area contributed by atoms with Gasteiger partial charge in [0.15, 0.2) is 5.75 Å². The lowest BCUT2D eigenvalue weighted by Gasteiger charge is -2.34. The number of nitriles is 1. The van der Waals surface area contributed by atoms with Crippen LogP contribution in [-0.2, 0) is 21.6 Å². The first-order chi connectivity index (χ1) is 15.7. The van der Waals surface area contributed by atoms with Crippen LogP contribution in [0, 0.1) is 11.3 Å². The molecule has 0 atom stereocenters. The third-order valence-electron chi connectivity index (χ3n) is 5.49. The molecule has 1 saturated heterocycles. The maximum atomic E-state index is 13.0. The van der Waals surface area contributed by atoms with E-state index in [1.54, 1.807) is 10.6 Å². The molecule has 0 unspecified atom stereocenters. The summed E-state index contributed by atoms with van der Waals surface area (Å²) in [7, 11) is -5.34. The summed E-state index contributed by atoms with van der Waals surface area (Å²) in [6.07, 6.45) is 1.01. The van der Waals surface area contributed by atoms with E-state index in [-0.39, 0.29) is 17.8 Å². The molecule has 3 rings (SSSR count). The molecule has 0 aromatic carbocycles. The summed E-state index contributed by atoms with van der Waals surface area (Å²) in [5, 5.41) is 9.39. The van der Waals surface area contributed by atoms with Gasteiger partial charge in [0, 0.05) is 40.9 Å². The molecule has 188 valence electrons. The number of alkyl halides is 3. The highest BCUT2D eigenvalue weighted by Crippen LogP contribution is 2.37. The van der Waals surface area contributed by atoms with Gasteiger partial charge in [0.05, 0.1) is 11.6 Å². The van der Waals surface area contributed by atoms with Crippen molar-refractivity contribution in [3.63, 3.8) is 0 Å². The van der Waals surface area contributed by atoms with E-state index in [0.29, 0.717) is 25.5 Å². The Hall–Kier alpha value is -2.34. The van der Waals surface area contributed by atoms with Gasteiger partial charge in [0.1, 0.15) is 29.8 Å². The molecule has 2 aromatic heterocycles. The van der Waals surface area contributed by atoms with Crippen LogP contribution in [0.1, 0.15) is 5.56 Å². The summed E-state index contributed by atoms with van der Waals surface area (Å²) in [5.74, 6) is -0.0889. The van der Waals surface area contributed by atoms with E-state index >= 15 is 0 Å². The summed E-state index contributed by atoms with van der Waals surface area (Å²) in [5.41, 5.74) is -5.88. The summed E-state index contributed by atoms with van der Waals surface area (Å²) >= 11 is 0. The first kappa shape index (κ1) is 26.3. The second kappa shape index (κ2) is 9.72. The highest BCUT2D eigenvalue weighted by molar-refractivity contribution is 7.88. The number of halogens is 3. The van der Waals surface area contributed by atoms with Gasteiger partial charge in [-0.05, 0) is 19.2 Å². The quantitative estimate of drug-likeness (QED) is 0.227. The van der Waals surface area contributed by atoms with Gasteiger partial charge in [-0.1, -0.05) is 19.6 Å². The second-order valence-electron chi connectivity index (χ2n) is 9.40. The van der Waals surface area contributed by atoms with Crippen LogP contribution >= 0.6 is 0 Å². The Morgan fingerprint density at radius 2 is 1.85 bits per heavy atom. The Kier molecular flexibility index (Phi) is 7.51. The van der Waals surface area contributed by atoms with Gasteiger partial charge in [-0.2, -0.15) is 26.9 Å². The summed E-state index contributed by atoms with van der Waals surface area (Å²) < 4.78 is 74.6. The van der Waals surface area contributed by atoms with Crippen molar-refractivity contribution in [2.24, 2.45) is 0 Å². The summed E-state index contributed by atoms with van der Waals surface area (Å²) in [6, 6.07) is 4.10. The molecule has 1 fully saturated rings. The average molecular weight is 520 g/mol. The molecule has 14 heteroatoms. The number of rotatable bonds is 8. The summed E-state index contributed by atoms with van der Waals surface area (Å²) in [4.78, 5) is 8.41. The van der Waals surface area contributed by atoms with Gasteiger partial charge in [0.2, 0.25) is 0 Å². The zero-order valence-corrected chi connectivity index (χ0v) is 21.3. The number of hydrogen-bond acceptors (Lipinski definition) is 8. The molecule has 1 aliphatic rings. The van der Waals surface area contributed by atoms with E-state index in [9.17, 15) is 26.9 Å². The number of fused-ring (bicyclic) bond motifs is 1. The van der Waals surface area contributed by atoms with Crippen molar-refractivity contribution < 1.29 is 30.5 Å². The van der Waals surface area contributed by atoms with E-state index in [0.717, 1.165) is 25.3 Å². The topological polar surface area (TPSA) is 101 Å². The lowest BCUT2D eigenvalue weighted by Crippen LogP contribution is -2.45. The van der Waals surface area contributed by atoms with Crippen molar-refractivity contribution in [1.29, 1.82) is 5.26 Å². The monoisotopic (exact) mass is 519 g/mol. The fraction of sp³-hybridized carbons (Fsp3) is 0.600. The van der Waals surface area contributed by atoms with Crippen LogP contribution in [0.25, 0.3) is 11.0 Å². The van der Waals surface area contributed by atoms with E-state index in [1.165, 1.54) is 6.07 Å². The number of ether oxygens (including phenoxy) is 1. The van der Waals surface area contributed by atoms with E-state index in [2.05, 4.69) is 33.7 Å². The smallest absolute Gasteiger partial charge is 0.374 e. The van der Waals surface area contributed by atoms with Crippen molar-refractivity contribution in [1.82, 2.24) is 14.5 Å². The lowest BCUT2D eigenvalue weighted by atomic mass is 10.2. The molecule has 0 radical (unpaired) electrons. The van der Waals surface area contributed by atoms with Gasteiger partial charge in [0.25, 0.3) is 0 Å². The number of hydrogen-bond donors (Lipinski definition) is 0. The van der Waals surface area contributed by atoms with E-state index in [4.69, 9.17) is 4.74 Å². The number of piperazine rings is 1. The van der Waals surface area contributed by atoms with Gasteiger partial charge in [-0.25, -0.2) is 4.98 Å². The predicted octanol–water partition coefficient (Wildman–Crippen LogP) is 3.20. The minimum absolute atomic E-state index is 0.00500. The molecule has 0 bridgehead atoms. The Bertz CT molecular complexity index is 1180. The van der Waals surface area contributed by atoms with Crippen LogP contribution in [0.5, 0.6) is 5.75 Å². The Labute approximate surface area is 197 Å². The molecule has 9 nitrogen and oxygen atoms in total. The van der Waals surface area contributed by atoms with Crippen LogP contribution in [0.3, 0.4) is 0 Å². The average Bonchev–Trinajstić information content (AvgIpc) is 3.09. The number of likely N-dealkylation sites (N-methyl/N-ethyl adjacent to an activating group) is 1. The first-order valence-electron chi connectivity index (χ1n) is 10.7. The molecule has 2 aromatic rings. The van der Waals surface area contributed by atoms with Gasteiger partial charge in [-0.15, -0.1) is 0 Å². The van der Waals surface area contributed by atoms with Crippen molar-refractivity contribution in [2.75, 3.05) is 44.7 Å². The zero-order valence-electron chi connectivity index (χ0n) is 19.5. The number of pyridine rings is 1. The van der Waals surface area contributed by atoms with Gasteiger partial charge >= 0.3 is 15.6 Å². The van der Waals surface area contributed by atoms with Crippen LogP contribution in [0.2, 0.25) is 25.7 Å². The van der Waals surface area contributed by atoms with Crippen LogP contribution in [0.4, 0.5) is 19.0 Å². The molecular weight excluding hydrogens is 491 g/mol. The van der Waals surface area contributed by atoms with Crippen molar-refractivity contribution >= 4 is 35.0 Å². The van der Waals surface area contributed by atoms with Gasteiger partial charge in [-0.3, -0.25) is 4.57 Å². The van der Waals surface area contributed by atoms with Crippen molar-refractivity contribution in [2.45, 2.75) is 37.9 Å². The largest absolute Gasteiger partial charge is 0.534 e. The molecule has 0 aliphatic carbocycles. The molecule has 3 heterocycles. The summed E-state index contributed by atoms with van der Waals surface area (Å²) in [6.45, 7) is 10.0. The highest BCUT2D eigenvalue weighted by atomic mass is 32.2. The fourth-order valence-electron chi connectivity index (χ4n) is 3.45. The van der Waals surface area contributed by atoms with Crippen LogP contribution in [-0.4, -0.2) is 76.3 Å². The molecule has 0 amide bonds. The minimum atomic E-state index is -5.98.